The smallest absolute Gasteiger partial charge is 0.253 e. The molecule has 0 spiro atoms. The van der Waals surface area contributed by atoms with Crippen molar-refractivity contribution in [3.63, 3.8) is 0 Å². The number of anilines is 1. The van der Waals surface area contributed by atoms with Crippen LogP contribution in [0, 0.1) is 18.8 Å². The molecule has 1 aliphatic carbocycles. The van der Waals surface area contributed by atoms with E-state index in [-0.39, 0.29) is 5.91 Å². The van der Waals surface area contributed by atoms with Gasteiger partial charge in [0.05, 0.1) is 5.56 Å². The van der Waals surface area contributed by atoms with E-state index < -0.39 is 0 Å². The summed E-state index contributed by atoms with van der Waals surface area (Å²) in [4.78, 5) is 12.4. The van der Waals surface area contributed by atoms with E-state index in [1.807, 2.05) is 12.1 Å². The van der Waals surface area contributed by atoms with Gasteiger partial charge in [-0.05, 0) is 55.7 Å². The molecule has 1 aromatic rings. The van der Waals surface area contributed by atoms with Gasteiger partial charge in [-0.3, -0.25) is 4.79 Å². The Hall–Kier alpha value is -1.51. The molecule has 2 N–H and O–H groups in total. The third-order valence-electron chi connectivity index (χ3n) is 4.34. The number of hydrogen-bond donors (Lipinski definition) is 2. The summed E-state index contributed by atoms with van der Waals surface area (Å²) in [6, 6.07) is 5.99. The molecule has 0 aliphatic heterocycles. The first-order valence-electron chi connectivity index (χ1n) is 8.22. The van der Waals surface area contributed by atoms with Crippen LogP contribution in [0.2, 0.25) is 0 Å². The number of carbonyl (C=O) groups excluding carboxylic acids is 1. The molecule has 2 atom stereocenters. The van der Waals surface area contributed by atoms with Gasteiger partial charge in [-0.15, -0.1) is 0 Å². The Morgan fingerprint density at radius 3 is 2.81 bits per heavy atom. The molecule has 21 heavy (non-hydrogen) atoms. The minimum Gasteiger partial charge on any atom is -0.384 e. The molecule has 0 bridgehead atoms. The molecule has 3 nitrogen and oxygen atoms in total. The fourth-order valence-corrected chi connectivity index (χ4v) is 3.10. The summed E-state index contributed by atoms with van der Waals surface area (Å²) in [5, 5.41) is 6.48. The van der Waals surface area contributed by atoms with Crippen molar-refractivity contribution in [2.24, 2.45) is 11.8 Å². The van der Waals surface area contributed by atoms with Gasteiger partial charge in [-0.2, -0.15) is 0 Å². The van der Waals surface area contributed by atoms with Crippen molar-refractivity contribution in [1.82, 2.24) is 5.32 Å². The molecule has 2 unspecified atom stereocenters. The zero-order chi connectivity index (χ0) is 15.2. The number of nitrogens with one attached hydrogen (secondary N) is 2. The van der Waals surface area contributed by atoms with Crippen molar-refractivity contribution >= 4 is 11.6 Å². The van der Waals surface area contributed by atoms with Gasteiger partial charge in [0.1, 0.15) is 0 Å². The van der Waals surface area contributed by atoms with Crippen molar-refractivity contribution in [2.45, 2.75) is 46.5 Å². The predicted octanol–water partition coefficient (Wildman–Crippen LogP) is 3.98. The number of carbonyl (C=O) groups is 1. The molecule has 116 valence electrons. The molecule has 1 fully saturated rings. The molecular weight excluding hydrogens is 260 g/mol. The lowest BCUT2D eigenvalue weighted by atomic mass is 10.1. The third-order valence-corrected chi connectivity index (χ3v) is 4.34. The lowest BCUT2D eigenvalue weighted by Gasteiger charge is -2.15. The van der Waals surface area contributed by atoms with E-state index in [2.05, 4.69) is 37.5 Å². The van der Waals surface area contributed by atoms with Gasteiger partial charge in [0.2, 0.25) is 0 Å². The first-order valence-corrected chi connectivity index (χ1v) is 8.22. The first-order chi connectivity index (χ1) is 10.1. The Morgan fingerprint density at radius 1 is 1.33 bits per heavy atom. The second kappa shape index (κ2) is 7.48. The van der Waals surface area contributed by atoms with Crippen LogP contribution in [0.1, 0.15) is 55.5 Å². The number of rotatable bonds is 6. The van der Waals surface area contributed by atoms with Crippen LogP contribution in [-0.4, -0.2) is 19.0 Å². The summed E-state index contributed by atoms with van der Waals surface area (Å²) < 4.78 is 0. The Balaban J connectivity index is 1.97. The van der Waals surface area contributed by atoms with Crippen molar-refractivity contribution in [3.05, 3.63) is 29.3 Å². The van der Waals surface area contributed by atoms with Crippen molar-refractivity contribution < 1.29 is 4.79 Å². The highest BCUT2D eigenvalue weighted by Crippen LogP contribution is 2.29. The van der Waals surface area contributed by atoms with Crippen LogP contribution in [-0.2, 0) is 0 Å². The topological polar surface area (TPSA) is 41.1 Å². The van der Waals surface area contributed by atoms with Crippen LogP contribution in [0.5, 0.6) is 0 Å². The van der Waals surface area contributed by atoms with E-state index in [0.717, 1.165) is 36.7 Å². The number of hydrogen-bond acceptors (Lipinski definition) is 2. The van der Waals surface area contributed by atoms with E-state index in [1.54, 1.807) is 0 Å². The van der Waals surface area contributed by atoms with Gasteiger partial charge >= 0.3 is 0 Å². The van der Waals surface area contributed by atoms with Gasteiger partial charge in [0.25, 0.3) is 5.91 Å². The molecule has 0 heterocycles. The Labute approximate surface area is 128 Å². The zero-order valence-corrected chi connectivity index (χ0v) is 13.5. The summed E-state index contributed by atoms with van der Waals surface area (Å²) in [5.41, 5.74) is 2.89. The maximum absolute atomic E-state index is 12.4. The van der Waals surface area contributed by atoms with Crippen molar-refractivity contribution in [1.29, 1.82) is 0 Å². The van der Waals surface area contributed by atoms with E-state index in [0.29, 0.717) is 5.92 Å². The third kappa shape index (κ3) is 4.48. The lowest BCUT2D eigenvalue weighted by molar-refractivity contribution is 0.0948. The lowest BCUT2D eigenvalue weighted by Crippen LogP contribution is -2.29. The normalized spacial score (nSPS) is 21.3. The molecule has 3 heteroatoms. The summed E-state index contributed by atoms with van der Waals surface area (Å²) in [6.45, 7) is 8.19. The number of benzene rings is 1. The minimum atomic E-state index is 0.0492. The molecular formula is C18H28N2O. The van der Waals surface area contributed by atoms with Crippen molar-refractivity contribution in [3.8, 4) is 0 Å². The monoisotopic (exact) mass is 288 g/mol. The van der Waals surface area contributed by atoms with Gasteiger partial charge < -0.3 is 10.6 Å². The first kappa shape index (κ1) is 15.9. The molecule has 0 aromatic heterocycles. The molecule has 0 radical (unpaired) electrons. The SMILES string of the molecule is CCCNc1cc(C)ccc1C(=O)NCC1CCC(C)C1. The standard InChI is InChI=1S/C18H28N2O/c1-4-9-19-17-11-14(3)6-8-16(17)18(21)20-12-15-7-5-13(2)10-15/h6,8,11,13,15,19H,4-5,7,9-10,12H2,1-3H3,(H,20,21). The van der Waals surface area contributed by atoms with Crippen LogP contribution in [0.3, 0.4) is 0 Å². The highest BCUT2D eigenvalue weighted by molar-refractivity contribution is 5.99. The molecule has 1 aliphatic rings. The number of aryl methyl sites for hydroxylation is 1. The molecule has 1 saturated carbocycles. The van der Waals surface area contributed by atoms with Gasteiger partial charge in [-0.1, -0.05) is 26.3 Å². The summed E-state index contributed by atoms with van der Waals surface area (Å²) >= 11 is 0. The summed E-state index contributed by atoms with van der Waals surface area (Å²) in [6.07, 6.45) is 4.84. The number of amides is 1. The average molecular weight is 288 g/mol. The minimum absolute atomic E-state index is 0.0492. The van der Waals surface area contributed by atoms with Crippen LogP contribution in [0.15, 0.2) is 18.2 Å². The largest absolute Gasteiger partial charge is 0.384 e. The highest BCUT2D eigenvalue weighted by Gasteiger charge is 2.22. The fourth-order valence-electron chi connectivity index (χ4n) is 3.10. The summed E-state index contributed by atoms with van der Waals surface area (Å²) in [7, 11) is 0. The van der Waals surface area contributed by atoms with Crippen LogP contribution < -0.4 is 10.6 Å². The van der Waals surface area contributed by atoms with E-state index in [4.69, 9.17) is 0 Å². The molecule has 0 saturated heterocycles. The second-order valence-electron chi connectivity index (χ2n) is 6.47. The van der Waals surface area contributed by atoms with E-state index in [9.17, 15) is 4.79 Å². The highest BCUT2D eigenvalue weighted by atomic mass is 16.1. The summed E-state index contributed by atoms with van der Waals surface area (Å²) in [5.74, 6) is 1.52. The average Bonchev–Trinajstić information content (AvgIpc) is 2.88. The van der Waals surface area contributed by atoms with Crippen LogP contribution >= 0.6 is 0 Å². The van der Waals surface area contributed by atoms with Crippen molar-refractivity contribution in [2.75, 3.05) is 18.4 Å². The van der Waals surface area contributed by atoms with Gasteiger partial charge in [0, 0.05) is 18.8 Å². The Bertz CT molecular complexity index is 484. The van der Waals surface area contributed by atoms with Gasteiger partial charge in [-0.25, -0.2) is 0 Å². The second-order valence-corrected chi connectivity index (χ2v) is 6.47. The zero-order valence-electron chi connectivity index (χ0n) is 13.5. The fraction of sp³-hybridized carbons (Fsp3) is 0.611. The predicted molar refractivity (Wildman–Crippen MR) is 88.8 cm³/mol. The Kier molecular flexibility index (Phi) is 5.66. The maximum atomic E-state index is 12.4. The maximum Gasteiger partial charge on any atom is 0.253 e. The quantitative estimate of drug-likeness (QED) is 0.831. The molecule has 2 rings (SSSR count). The molecule has 1 aromatic carbocycles. The van der Waals surface area contributed by atoms with Crippen LogP contribution in [0.25, 0.3) is 0 Å². The van der Waals surface area contributed by atoms with E-state index >= 15 is 0 Å². The Morgan fingerprint density at radius 2 is 2.14 bits per heavy atom. The van der Waals surface area contributed by atoms with E-state index in [1.165, 1.54) is 24.8 Å². The molecule has 1 amide bonds. The van der Waals surface area contributed by atoms with Gasteiger partial charge in [0.15, 0.2) is 0 Å². The van der Waals surface area contributed by atoms with Crippen LogP contribution in [0.4, 0.5) is 5.69 Å².